The summed E-state index contributed by atoms with van der Waals surface area (Å²) in [6, 6.07) is 44.9. The molecule has 1 N–H and O–H groups in total. The number of benzene rings is 5. The van der Waals surface area contributed by atoms with Crippen LogP contribution in [0.2, 0.25) is 0 Å². The van der Waals surface area contributed by atoms with E-state index in [1.807, 2.05) is 140 Å². The number of hydrogen-bond donors (Lipinski definition) is 1. The molecule has 2 aliphatic rings. The summed E-state index contributed by atoms with van der Waals surface area (Å²) in [6.45, 7) is -2.39. The standard InChI is InChI=1S/C46H45N2O9PS/c1-31-29-48(45(50)47-44(31)49)43-28-40(57-58(51)56-39(32-13-7-4-8-14-32)27-42(59-58)33-15-9-5-10-16-33)41(55-43)30-54-46(34-17-11-6-12-18-34,35-19-23-37(52-2)24-20-35)36-21-25-38(53-3)26-22-36/h4-26,29,39-43H,27-28,30H2,1-3H3,(H,47,49,50)/t39-,40+,41-,42-,43-,58?/m1/s1. The minimum absolute atomic E-state index is 0.0693. The lowest BCUT2D eigenvalue weighted by Crippen LogP contribution is -2.38. The van der Waals surface area contributed by atoms with Crippen LogP contribution in [0.1, 0.15) is 63.8 Å². The third-order valence-electron chi connectivity index (χ3n) is 10.8. The maximum Gasteiger partial charge on any atom is 0.390 e. The predicted molar refractivity (Wildman–Crippen MR) is 227 cm³/mol. The highest BCUT2D eigenvalue weighted by atomic mass is 32.7. The number of aryl methyl sites for hydroxylation is 1. The maximum atomic E-state index is 15.2. The second-order valence-corrected chi connectivity index (χ2v) is 18.6. The summed E-state index contributed by atoms with van der Waals surface area (Å²) in [5.41, 5.74) is 2.37. The molecule has 304 valence electrons. The highest BCUT2D eigenvalue weighted by molar-refractivity contribution is 8.55. The number of hydrogen-bond acceptors (Lipinski definition) is 10. The van der Waals surface area contributed by atoms with E-state index in [1.54, 1.807) is 21.1 Å². The Morgan fingerprint density at radius 1 is 0.746 bits per heavy atom. The molecule has 0 amide bonds. The van der Waals surface area contributed by atoms with Crippen molar-refractivity contribution < 1.29 is 32.6 Å². The average Bonchev–Trinajstić information content (AvgIpc) is 3.67. The van der Waals surface area contributed by atoms with Crippen LogP contribution in [0.5, 0.6) is 11.5 Å². The molecule has 11 nitrogen and oxygen atoms in total. The van der Waals surface area contributed by atoms with Crippen LogP contribution in [-0.2, 0) is 28.7 Å². The van der Waals surface area contributed by atoms with Gasteiger partial charge >= 0.3 is 12.5 Å². The highest BCUT2D eigenvalue weighted by Crippen LogP contribution is 2.73. The van der Waals surface area contributed by atoms with Crippen LogP contribution in [0.3, 0.4) is 0 Å². The first-order chi connectivity index (χ1) is 28.7. The normalized spacial score (nSPS) is 23.1. The van der Waals surface area contributed by atoms with Crippen LogP contribution in [0.4, 0.5) is 0 Å². The molecule has 0 saturated carbocycles. The Kier molecular flexibility index (Phi) is 12.1. The fraction of sp³-hybridized carbons (Fsp3) is 0.261. The summed E-state index contributed by atoms with van der Waals surface area (Å²) in [5, 5.41) is -0.200. The molecule has 5 aromatic carbocycles. The predicted octanol–water partition coefficient (Wildman–Crippen LogP) is 9.29. The van der Waals surface area contributed by atoms with Crippen molar-refractivity contribution in [2.24, 2.45) is 0 Å². The zero-order valence-corrected chi connectivity index (χ0v) is 34.6. The van der Waals surface area contributed by atoms with E-state index >= 15 is 4.57 Å². The largest absolute Gasteiger partial charge is 0.497 e. The SMILES string of the molecule is COc1ccc(C(OC[C@H]2O[C@@H](n3cc(C)c(=O)[nH]c3=O)C[C@@H]2OP2(=O)O[C@@H](c3ccccc3)C[C@H](c3ccccc3)S2)(c2ccccc2)c2ccc(OC)cc2)cc1. The Balaban J connectivity index is 1.19. The van der Waals surface area contributed by atoms with Gasteiger partial charge in [-0.2, -0.15) is 0 Å². The number of methoxy groups -OCH3 is 2. The van der Waals surface area contributed by atoms with Gasteiger partial charge in [0.1, 0.15) is 35.5 Å². The molecule has 1 aromatic heterocycles. The van der Waals surface area contributed by atoms with Gasteiger partial charge in [-0.3, -0.25) is 23.4 Å². The van der Waals surface area contributed by atoms with Crippen LogP contribution < -0.4 is 20.7 Å². The highest BCUT2D eigenvalue weighted by Gasteiger charge is 2.49. The molecule has 6 aromatic rings. The topological polar surface area (TPSA) is 127 Å². The molecular weight excluding hydrogens is 788 g/mol. The van der Waals surface area contributed by atoms with Crippen molar-refractivity contribution >= 4 is 18.2 Å². The van der Waals surface area contributed by atoms with Crippen LogP contribution >= 0.6 is 18.2 Å². The van der Waals surface area contributed by atoms with E-state index in [1.165, 1.54) is 22.1 Å². The molecule has 3 heterocycles. The second kappa shape index (κ2) is 17.6. The summed E-state index contributed by atoms with van der Waals surface area (Å²) in [6.07, 6.45) is -0.965. The van der Waals surface area contributed by atoms with Crippen LogP contribution in [0.25, 0.3) is 0 Å². The van der Waals surface area contributed by atoms with Crippen molar-refractivity contribution in [3.8, 4) is 11.5 Å². The molecule has 2 aliphatic heterocycles. The third-order valence-corrected chi connectivity index (χ3v) is 14.9. The van der Waals surface area contributed by atoms with Crippen molar-refractivity contribution in [1.29, 1.82) is 0 Å². The second-order valence-electron chi connectivity index (χ2n) is 14.5. The minimum Gasteiger partial charge on any atom is -0.497 e. The Bertz CT molecular complexity index is 2400. The van der Waals surface area contributed by atoms with Crippen molar-refractivity contribution in [2.75, 3.05) is 20.8 Å². The fourth-order valence-electron chi connectivity index (χ4n) is 7.78. The fourth-order valence-corrected chi connectivity index (χ4v) is 12.3. The van der Waals surface area contributed by atoms with E-state index in [9.17, 15) is 9.59 Å². The van der Waals surface area contributed by atoms with Crippen molar-refractivity contribution in [3.05, 3.63) is 200 Å². The zero-order valence-electron chi connectivity index (χ0n) is 32.8. The molecule has 59 heavy (non-hydrogen) atoms. The van der Waals surface area contributed by atoms with Gasteiger partial charge in [-0.05, 0) is 76.8 Å². The summed E-state index contributed by atoms with van der Waals surface area (Å²) in [7, 11) is 3.24. The Morgan fingerprint density at radius 3 is 1.86 bits per heavy atom. The van der Waals surface area contributed by atoms with Gasteiger partial charge in [-0.25, -0.2) is 9.36 Å². The van der Waals surface area contributed by atoms with E-state index in [0.29, 0.717) is 23.5 Å². The van der Waals surface area contributed by atoms with E-state index < -0.39 is 48.2 Å². The smallest absolute Gasteiger partial charge is 0.390 e. The number of H-pyrrole nitrogens is 1. The molecule has 8 rings (SSSR count). The number of nitrogens with zero attached hydrogens (tertiary/aromatic N) is 1. The van der Waals surface area contributed by atoms with E-state index in [0.717, 1.165) is 27.8 Å². The molecule has 2 saturated heterocycles. The maximum absolute atomic E-state index is 15.2. The molecule has 0 bridgehead atoms. The molecule has 13 heteroatoms. The molecule has 2 fully saturated rings. The Morgan fingerprint density at radius 2 is 1.29 bits per heavy atom. The molecule has 6 atom stereocenters. The minimum atomic E-state index is -3.94. The van der Waals surface area contributed by atoms with Gasteiger partial charge in [0.25, 0.3) is 5.56 Å². The lowest BCUT2D eigenvalue weighted by Gasteiger charge is -2.38. The summed E-state index contributed by atoms with van der Waals surface area (Å²) in [4.78, 5) is 28.1. The van der Waals surface area contributed by atoms with Gasteiger partial charge in [-0.1, -0.05) is 115 Å². The first kappa shape index (κ1) is 40.6. The van der Waals surface area contributed by atoms with Crippen LogP contribution in [0, 0.1) is 6.92 Å². The van der Waals surface area contributed by atoms with Gasteiger partial charge in [0, 0.05) is 23.4 Å². The first-order valence-corrected chi connectivity index (χ1v) is 22.4. The number of ether oxygens (including phenoxy) is 4. The number of nitrogens with one attached hydrogen (secondary N) is 1. The van der Waals surface area contributed by atoms with E-state index in [2.05, 4.69) is 4.98 Å². The third kappa shape index (κ3) is 8.61. The molecule has 0 radical (unpaired) electrons. The van der Waals surface area contributed by atoms with E-state index in [-0.39, 0.29) is 18.3 Å². The number of aromatic nitrogens is 2. The van der Waals surface area contributed by atoms with E-state index in [4.69, 9.17) is 28.0 Å². The van der Waals surface area contributed by atoms with Crippen molar-refractivity contribution in [2.45, 2.75) is 55.2 Å². The quantitative estimate of drug-likeness (QED) is 0.0889. The van der Waals surface area contributed by atoms with Gasteiger partial charge in [0.15, 0.2) is 0 Å². The summed E-state index contributed by atoms with van der Waals surface area (Å²) >= 11 is 1.17. The summed E-state index contributed by atoms with van der Waals surface area (Å²) < 4.78 is 54.7. The van der Waals surface area contributed by atoms with Gasteiger partial charge in [0.05, 0.1) is 26.9 Å². The Labute approximate surface area is 346 Å². The monoisotopic (exact) mass is 832 g/mol. The van der Waals surface area contributed by atoms with Gasteiger partial charge < -0.3 is 18.9 Å². The number of aromatic amines is 1. The first-order valence-electron chi connectivity index (χ1n) is 19.4. The molecule has 0 aliphatic carbocycles. The Hall–Kier alpha value is -5.20. The van der Waals surface area contributed by atoms with Crippen molar-refractivity contribution in [3.63, 3.8) is 0 Å². The van der Waals surface area contributed by atoms with Crippen LogP contribution in [0.15, 0.2) is 155 Å². The van der Waals surface area contributed by atoms with Crippen molar-refractivity contribution in [1.82, 2.24) is 9.55 Å². The zero-order chi connectivity index (χ0) is 41.0. The summed E-state index contributed by atoms with van der Waals surface area (Å²) in [5.74, 6) is 1.36. The molecule has 1 unspecified atom stereocenters. The lowest BCUT2D eigenvalue weighted by atomic mass is 9.80. The van der Waals surface area contributed by atoms with Gasteiger partial charge in [0.2, 0.25) is 0 Å². The lowest BCUT2D eigenvalue weighted by molar-refractivity contribution is -0.0926. The van der Waals surface area contributed by atoms with Crippen LogP contribution in [-0.4, -0.2) is 42.6 Å². The number of rotatable bonds is 13. The van der Waals surface area contributed by atoms with Gasteiger partial charge in [-0.15, -0.1) is 0 Å². The molecule has 0 spiro atoms. The average molecular weight is 833 g/mol. The molecular formula is C46H45N2O9PS.